The summed E-state index contributed by atoms with van der Waals surface area (Å²) in [6, 6.07) is 7.90. The number of benzene rings is 1. The third-order valence-corrected chi connectivity index (χ3v) is 4.04. The largest absolute Gasteiger partial charge is 0.497 e. The van der Waals surface area contributed by atoms with Gasteiger partial charge in [0.2, 0.25) is 0 Å². The third kappa shape index (κ3) is 2.91. The quantitative estimate of drug-likeness (QED) is 0.905. The summed E-state index contributed by atoms with van der Waals surface area (Å²) in [5.74, 6) is 1.16. The molecular weight excluding hydrogens is 266 g/mol. The number of ether oxygens (including phenoxy) is 1. The average Bonchev–Trinajstić information content (AvgIpc) is 3.06. The molecular formula is C16H19N3O2. The number of carbonyl (C=O) groups excluding carboxylic acids is 1. The molecule has 1 aliphatic carbocycles. The van der Waals surface area contributed by atoms with Gasteiger partial charge in [0.25, 0.3) is 5.91 Å². The maximum atomic E-state index is 12.0. The Morgan fingerprint density at radius 1 is 1.48 bits per heavy atom. The highest BCUT2D eigenvalue weighted by Gasteiger charge is 2.21. The van der Waals surface area contributed by atoms with Crippen LogP contribution in [0.5, 0.6) is 5.75 Å². The van der Waals surface area contributed by atoms with Gasteiger partial charge in [0.15, 0.2) is 0 Å². The predicted octanol–water partition coefficient (Wildman–Crippen LogP) is 2.27. The lowest BCUT2D eigenvalue weighted by molar-refractivity contribution is 0.0945. The van der Waals surface area contributed by atoms with Crippen molar-refractivity contribution < 1.29 is 9.53 Å². The zero-order valence-electron chi connectivity index (χ0n) is 12.1. The predicted molar refractivity (Wildman–Crippen MR) is 79.6 cm³/mol. The summed E-state index contributed by atoms with van der Waals surface area (Å²) in [4.78, 5) is 12.0. The van der Waals surface area contributed by atoms with Crippen molar-refractivity contribution in [2.75, 3.05) is 13.7 Å². The Morgan fingerprint density at radius 2 is 2.38 bits per heavy atom. The van der Waals surface area contributed by atoms with E-state index in [4.69, 9.17) is 4.74 Å². The molecule has 1 heterocycles. The molecule has 21 heavy (non-hydrogen) atoms. The molecule has 1 aromatic carbocycles. The van der Waals surface area contributed by atoms with Gasteiger partial charge in [0.05, 0.1) is 7.11 Å². The van der Waals surface area contributed by atoms with Crippen molar-refractivity contribution >= 4 is 5.91 Å². The monoisotopic (exact) mass is 285 g/mol. The van der Waals surface area contributed by atoms with Crippen molar-refractivity contribution in [3.05, 3.63) is 47.3 Å². The van der Waals surface area contributed by atoms with Gasteiger partial charge >= 0.3 is 0 Å². The van der Waals surface area contributed by atoms with E-state index < -0.39 is 0 Å². The molecule has 0 fully saturated rings. The maximum absolute atomic E-state index is 12.0. The number of hydrogen-bond donors (Lipinski definition) is 2. The van der Waals surface area contributed by atoms with Gasteiger partial charge in [-0.2, -0.15) is 5.10 Å². The van der Waals surface area contributed by atoms with Gasteiger partial charge in [-0.05, 0) is 48.6 Å². The summed E-state index contributed by atoms with van der Waals surface area (Å²) in [5.41, 5.74) is 3.16. The van der Waals surface area contributed by atoms with Crippen LogP contribution in [0.2, 0.25) is 0 Å². The molecule has 3 rings (SSSR count). The number of H-pyrrole nitrogens is 1. The van der Waals surface area contributed by atoms with E-state index in [0.717, 1.165) is 25.0 Å². The zero-order valence-corrected chi connectivity index (χ0v) is 12.1. The van der Waals surface area contributed by atoms with Gasteiger partial charge in [-0.3, -0.25) is 9.89 Å². The summed E-state index contributed by atoms with van der Waals surface area (Å²) in [5, 5.41) is 9.46. The molecule has 5 heteroatoms. The summed E-state index contributed by atoms with van der Waals surface area (Å²) in [6.45, 7) is 0.650. The van der Waals surface area contributed by atoms with Crippen molar-refractivity contribution in [3.8, 4) is 5.75 Å². The van der Waals surface area contributed by atoms with Crippen molar-refractivity contribution in [1.29, 1.82) is 0 Å². The highest BCUT2D eigenvalue weighted by molar-refractivity contribution is 5.92. The number of aromatic nitrogens is 2. The van der Waals surface area contributed by atoms with Crippen LogP contribution in [0.15, 0.2) is 30.5 Å². The van der Waals surface area contributed by atoms with E-state index in [2.05, 4.69) is 27.6 Å². The van der Waals surface area contributed by atoms with E-state index in [0.29, 0.717) is 18.2 Å². The highest BCUT2D eigenvalue weighted by Crippen LogP contribution is 2.33. The number of nitrogens with one attached hydrogen (secondary N) is 2. The Labute approximate surface area is 123 Å². The molecule has 0 saturated carbocycles. The molecule has 0 bridgehead atoms. The lowest BCUT2D eigenvalue weighted by Crippen LogP contribution is -2.30. The van der Waals surface area contributed by atoms with Gasteiger partial charge in [0, 0.05) is 18.7 Å². The van der Waals surface area contributed by atoms with Crippen molar-refractivity contribution in [2.45, 2.75) is 25.2 Å². The van der Waals surface area contributed by atoms with Crippen LogP contribution in [-0.4, -0.2) is 29.8 Å². The number of amides is 1. The Morgan fingerprint density at radius 3 is 3.14 bits per heavy atom. The normalized spacial score (nSPS) is 17.1. The smallest absolute Gasteiger partial charge is 0.269 e. The Bertz CT molecular complexity index is 622. The molecule has 1 amide bonds. The Balaban J connectivity index is 1.69. The molecule has 0 saturated heterocycles. The second-order valence-electron chi connectivity index (χ2n) is 5.33. The molecule has 1 atom stereocenters. The van der Waals surface area contributed by atoms with Crippen molar-refractivity contribution in [3.63, 3.8) is 0 Å². The molecule has 1 aliphatic rings. The second kappa shape index (κ2) is 5.99. The highest BCUT2D eigenvalue weighted by atomic mass is 16.5. The molecule has 110 valence electrons. The average molecular weight is 285 g/mol. The molecule has 0 radical (unpaired) electrons. The van der Waals surface area contributed by atoms with Gasteiger partial charge in [0.1, 0.15) is 11.4 Å². The van der Waals surface area contributed by atoms with Crippen LogP contribution < -0.4 is 10.1 Å². The van der Waals surface area contributed by atoms with E-state index in [1.807, 2.05) is 6.07 Å². The van der Waals surface area contributed by atoms with Crippen molar-refractivity contribution in [2.24, 2.45) is 0 Å². The van der Waals surface area contributed by atoms with Gasteiger partial charge < -0.3 is 10.1 Å². The number of aromatic amines is 1. The Hall–Kier alpha value is -2.30. The number of aryl methyl sites for hydroxylation is 1. The first-order chi connectivity index (χ1) is 10.3. The molecule has 5 nitrogen and oxygen atoms in total. The van der Waals surface area contributed by atoms with Crippen LogP contribution in [0.3, 0.4) is 0 Å². The molecule has 0 aliphatic heterocycles. The topological polar surface area (TPSA) is 67.0 Å². The second-order valence-corrected chi connectivity index (χ2v) is 5.33. The first-order valence-electron chi connectivity index (χ1n) is 7.22. The Kier molecular flexibility index (Phi) is 3.90. The lowest BCUT2D eigenvalue weighted by Gasteiger charge is -2.26. The number of methoxy groups -OCH3 is 1. The number of fused-ring (bicyclic) bond motifs is 1. The maximum Gasteiger partial charge on any atom is 0.269 e. The minimum absolute atomic E-state index is 0.104. The molecule has 1 unspecified atom stereocenters. The van der Waals surface area contributed by atoms with Crippen LogP contribution in [0.1, 0.15) is 40.4 Å². The minimum Gasteiger partial charge on any atom is -0.497 e. The van der Waals surface area contributed by atoms with E-state index in [9.17, 15) is 4.79 Å². The fourth-order valence-electron chi connectivity index (χ4n) is 2.92. The van der Waals surface area contributed by atoms with Gasteiger partial charge in [-0.15, -0.1) is 0 Å². The summed E-state index contributed by atoms with van der Waals surface area (Å²) in [7, 11) is 1.69. The zero-order chi connectivity index (χ0) is 14.7. The van der Waals surface area contributed by atoms with Gasteiger partial charge in [-0.25, -0.2) is 0 Å². The molecule has 2 N–H and O–H groups in total. The number of nitrogens with zero attached hydrogens (tertiary/aromatic N) is 1. The van der Waals surface area contributed by atoms with E-state index >= 15 is 0 Å². The number of hydrogen-bond acceptors (Lipinski definition) is 3. The van der Waals surface area contributed by atoms with Crippen LogP contribution in [0.4, 0.5) is 0 Å². The van der Waals surface area contributed by atoms with Crippen LogP contribution >= 0.6 is 0 Å². The first-order valence-corrected chi connectivity index (χ1v) is 7.22. The van der Waals surface area contributed by atoms with Crippen molar-refractivity contribution in [1.82, 2.24) is 15.5 Å². The van der Waals surface area contributed by atoms with Crippen LogP contribution in [0, 0.1) is 0 Å². The minimum atomic E-state index is -0.104. The number of carbonyl (C=O) groups is 1. The molecule has 0 spiro atoms. The summed E-state index contributed by atoms with van der Waals surface area (Å²) < 4.78 is 5.28. The van der Waals surface area contributed by atoms with E-state index in [-0.39, 0.29) is 5.91 Å². The standard InChI is InChI=1S/C16H19N3O2/c1-21-13-5-6-14-11(9-13)3-2-4-12(14)10-17-16(20)15-7-8-18-19-15/h5-9,12H,2-4,10H2,1H3,(H,17,20)(H,18,19). The van der Waals surface area contributed by atoms with Crippen LogP contribution in [-0.2, 0) is 6.42 Å². The summed E-state index contributed by atoms with van der Waals surface area (Å²) in [6.07, 6.45) is 4.90. The van der Waals surface area contributed by atoms with E-state index in [1.165, 1.54) is 11.1 Å². The molecule has 2 aromatic rings. The SMILES string of the molecule is COc1ccc2c(c1)CCCC2CNC(=O)c1ccn[nH]1. The van der Waals surface area contributed by atoms with E-state index in [1.54, 1.807) is 19.4 Å². The summed E-state index contributed by atoms with van der Waals surface area (Å²) >= 11 is 0. The van der Waals surface area contributed by atoms with Gasteiger partial charge in [-0.1, -0.05) is 6.07 Å². The van der Waals surface area contributed by atoms with Crippen LogP contribution in [0.25, 0.3) is 0 Å². The molecule has 1 aromatic heterocycles. The fraction of sp³-hybridized carbons (Fsp3) is 0.375. The first kappa shape index (κ1) is 13.7. The fourth-order valence-corrected chi connectivity index (χ4v) is 2.92. The number of rotatable bonds is 4. The lowest BCUT2D eigenvalue weighted by atomic mass is 9.82. The third-order valence-electron chi connectivity index (χ3n) is 4.04.